The number of fused-ring (bicyclic) bond motifs is 1. The van der Waals surface area contributed by atoms with Gasteiger partial charge in [-0.15, -0.1) is 11.3 Å². The van der Waals surface area contributed by atoms with E-state index in [0.29, 0.717) is 11.0 Å². The second kappa shape index (κ2) is 8.50. The van der Waals surface area contributed by atoms with Crippen LogP contribution in [0.2, 0.25) is 0 Å². The molecule has 2 N–H and O–H groups in total. The average molecular weight is 379 g/mol. The van der Waals surface area contributed by atoms with Gasteiger partial charge in [-0.05, 0) is 25.2 Å². The maximum absolute atomic E-state index is 11.9. The van der Waals surface area contributed by atoms with Crippen molar-refractivity contribution in [3.8, 4) is 0 Å². The maximum Gasteiger partial charge on any atom is 0.422 e. The predicted octanol–water partition coefficient (Wildman–Crippen LogP) is 3.28. The van der Waals surface area contributed by atoms with Crippen molar-refractivity contribution in [2.45, 2.75) is 45.2 Å². The van der Waals surface area contributed by atoms with Crippen molar-refractivity contribution < 1.29 is 27.5 Å². The Balaban J connectivity index is 1.77. The fraction of sp³-hybridized carbons (Fsp3) is 0.667. The number of anilines is 1. The summed E-state index contributed by atoms with van der Waals surface area (Å²) >= 11 is 1.41. The number of alkyl carbamates (subject to hydrolysis) is 1. The first kappa shape index (κ1) is 19.5. The molecule has 0 spiro atoms. The molecule has 140 valence electrons. The Kier molecular flexibility index (Phi) is 6.63. The number of aromatic nitrogens is 1. The van der Waals surface area contributed by atoms with E-state index in [1.54, 1.807) is 0 Å². The first-order valence-corrected chi connectivity index (χ1v) is 8.84. The van der Waals surface area contributed by atoms with Crippen molar-refractivity contribution in [1.29, 1.82) is 0 Å². The number of rotatable bonds is 6. The van der Waals surface area contributed by atoms with Crippen molar-refractivity contribution in [3.05, 3.63) is 10.6 Å². The fourth-order valence-electron chi connectivity index (χ4n) is 2.67. The lowest BCUT2D eigenvalue weighted by molar-refractivity contribution is -0.160. The van der Waals surface area contributed by atoms with E-state index in [9.17, 15) is 22.8 Å². The third kappa shape index (κ3) is 6.52. The zero-order chi connectivity index (χ0) is 18.4. The summed E-state index contributed by atoms with van der Waals surface area (Å²) < 4.78 is 39.6. The van der Waals surface area contributed by atoms with Gasteiger partial charge < -0.3 is 15.4 Å². The predicted molar refractivity (Wildman–Crippen MR) is 86.6 cm³/mol. The smallest absolute Gasteiger partial charge is 0.422 e. The highest BCUT2D eigenvalue weighted by atomic mass is 32.1. The van der Waals surface area contributed by atoms with Crippen LogP contribution < -0.4 is 10.6 Å². The van der Waals surface area contributed by atoms with Crippen molar-refractivity contribution in [2.75, 3.05) is 18.5 Å². The number of carbonyl (C=O) groups is 2. The number of carbonyl (C=O) groups excluding carboxylic acids is 2. The van der Waals surface area contributed by atoms with Gasteiger partial charge in [-0.3, -0.25) is 4.79 Å². The molecule has 1 aromatic heterocycles. The molecule has 6 nitrogen and oxygen atoms in total. The molecule has 0 aromatic carbocycles. The summed E-state index contributed by atoms with van der Waals surface area (Å²) in [7, 11) is 0. The fourth-order valence-corrected chi connectivity index (χ4v) is 3.80. The lowest BCUT2D eigenvalue weighted by Gasteiger charge is -2.19. The summed E-state index contributed by atoms with van der Waals surface area (Å²) in [6.07, 6.45) is -0.665. The Morgan fingerprint density at radius 2 is 2.16 bits per heavy atom. The summed E-state index contributed by atoms with van der Waals surface area (Å²) in [4.78, 5) is 28.4. The van der Waals surface area contributed by atoms with E-state index in [4.69, 9.17) is 0 Å². The number of nitrogens with zero attached hydrogens (tertiary/aromatic N) is 1. The van der Waals surface area contributed by atoms with Crippen molar-refractivity contribution in [3.63, 3.8) is 0 Å². The molecular weight excluding hydrogens is 359 g/mol. The maximum atomic E-state index is 11.9. The zero-order valence-electron chi connectivity index (χ0n) is 13.7. The van der Waals surface area contributed by atoms with E-state index in [2.05, 4.69) is 22.0 Å². The lowest BCUT2D eigenvalue weighted by atomic mass is 9.88. The Hall–Kier alpha value is -1.84. The van der Waals surface area contributed by atoms with Gasteiger partial charge in [-0.1, -0.05) is 19.8 Å². The number of alkyl halides is 3. The minimum atomic E-state index is -4.60. The van der Waals surface area contributed by atoms with Crippen molar-refractivity contribution in [2.24, 2.45) is 5.92 Å². The van der Waals surface area contributed by atoms with Crippen molar-refractivity contribution in [1.82, 2.24) is 10.3 Å². The number of aryl methyl sites for hydroxylation is 1. The number of ether oxygens (including phenoxy) is 1. The summed E-state index contributed by atoms with van der Waals surface area (Å²) in [5, 5.41) is 4.96. The van der Waals surface area contributed by atoms with Gasteiger partial charge in [0.25, 0.3) is 0 Å². The summed E-state index contributed by atoms with van der Waals surface area (Å²) in [6, 6.07) is 0. The number of halogens is 3. The van der Waals surface area contributed by atoms with Crippen LogP contribution in [0.5, 0.6) is 0 Å². The van der Waals surface area contributed by atoms with Crippen LogP contribution in [0.15, 0.2) is 0 Å². The number of nitrogens with one attached hydrogen (secondary N) is 2. The van der Waals surface area contributed by atoms with Crippen LogP contribution in [0, 0.1) is 5.92 Å². The van der Waals surface area contributed by atoms with Gasteiger partial charge in [0.15, 0.2) is 11.7 Å². The van der Waals surface area contributed by atoms with E-state index < -0.39 is 31.3 Å². The SMILES string of the molecule is CCC[C@@H]1CCc2nc(NC(=O)CNC(=O)OCC(F)(F)F)sc2C1. The minimum absolute atomic E-state index is 0.442. The summed E-state index contributed by atoms with van der Waals surface area (Å²) in [5.74, 6) is 0.0757. The normalized spacial score (nSPS) is 16.9. The van der Waals surface area contributed by atoms with Gasteiger partial charge >= 0.3 is 12.3 Å². The highest BCUT2D eigenvalue weighted by Crippen LogP contribution is 2.33. The molecule has 2 amide bonds. The third-order valence-corrected chi connectivity index (χ3v) is 4.78. The molecular formula is C15H20F3N3O3S. The largest absolute Gasteiger partial charge is 0.440 e. The molecule has 0 fully saturated rings. The number of hydrogen-bond acceptors (Lipinski definition) is 5. The second-order valence-electron chi connectivity index (χ2n) is 5.88. The van der Waals surface area contributed by atoms with Crippen LogP contribution >= 0.6 is 11.3 Å². The molecule has 0 unspecified atom stereocenters. The summed E-state index contributed by atoms with van der Waals surface area (Å²) in [6.45, 7) is -0.0292. The average Bonchev–Trinajstić information content (AvgIpc) is 2.92. The highest BCUT2D eigenvalue weighted by molar-refractivity contribution is 7.15. The lowest BCUT2D eigenvalue weighted by Crippen LogP contribution is -2.35. The summed E-state index contributed by atoms with van der Waals surface area (Å²) in [5.41, 5.74) is 0.991. The Morgan fingerprint density at radius 1 is 1.40 bits per heavy atom. The first-order chi connectivity index (χ1) is 11.8. The molecule has 0 aliphatic heterocycles. The molecule has 1 atom stereocenters. The zero-order valence-corrected chi connectivity index (χ0v) is 14.6. The standard InChI is InChI=1S/C15H20F3N3O3S/c1-2-3-9-4-5-10-11(6-9)25-13(20-10)21-12(22)7-19-14(23)24-8-15(16,17)18/h9H,2-8H2,1H3,(H,19,23)(H,20,21,22)/t9-/m1/s1. The molecule has 1 aliphatic carbocycles. The highest BCUT2D eigenvalue weighted by Gasteiger charge is 2.29. The number of hydrogen-bond donors (Lipinski definition) is 2. The molecule has 0 saturated carbocycles. The number of thiazole rings is 1. The molecule has 25 heavy (non-hydrogen) atoms. The van der Waals surface area contributed by atoms with Crippen LogP contribution in [0.25, 0.3) is 0 Å². The van der Waals surface area contributed by atoms with E-state index in [1.165, 1.54) is 17.8 Å². The van der Waals surface area contributed by atoms with E-state index in [1.807, 2.05) is 5.32 Å². The minimum Gasteiger partial charge on any atom is -0.440 e. The van der Waals surface area contributed by atoms with E-state index in [-0.39, 0.29) is 0 Å². The van der Waals surface area contributed by atoms with Crippen LogP contribution in [0.4, 0.5) is 23.1 Å². The Bertz CT molecular complexity index is 619. The number of amides is 2. The Morgan fingerprint density at radius 3 is 2.84 bits per heavy atom. The van der Waals surface area contributed by atoms with Gasteiger partial charge in [-0.25, -0.2) is 9.78 Å². The Labute approximate surface area is 147 Å². The van der Waals surface area contributed by atoms with Gasteiger partial charge in [0.2, 0.25) is 5.91 Å². The van der Waals surface area contributed by atoms with Crippen LogP contribution in [-0.2, 0) is 22.4 Å². The monoisotopic (exact) mass is 379 g/mol. The molecule has 10 heteroatoms. The molecule has 1 aromatic rings. The molecule has 1 heterocycles. The van der Waals surface area contributed by atoms with Crippen LogP contribution in [0.3, 0.4) is 0 Å². The molecule has 0 bridgehead atoms. The quantitative estimate of drug-likeness (QED) is 0.795. The molecule has 0 radical (unpaired) electrons. The van der Waals surface area contributed by atoms with E-state index >= 15 is 0 Å². The van der Waals surface area contributed by atoms with Crippen molar-refractivity contribution >= 4 is 28.5 Å². The van der Waals surface area contributed by atoms with Gasteiger partial charge in [0, 0.05) is 4.88 Å². The second-order valence-corrected chi connectivity index (χ2v) is 6.96. The van der Waals surface area contributed by atoms with Gasteiger partial charge in [0.05, 0.1) is 5.69 Å². The third-order valence-electron chi connectivity index (χ3n) is 3.75. The topological polar surface area (TPSA) is 80.3 Å². The van der Waals surface area contributed by atoms with Gasteiger partial charge in [0.1, 0.15) is 6.54 Å². The molecule has 1 aliphatic rings. The molecule has 0 saturated heterocycles. The van der Waals surface area contributed by atoms with Gasteiger partial charge in [-0.2, -0.15) is 13.2 Å². The first-order valence-electron chi connectivity index (χ1n) is 8.02. The van der Waals surface area contributed by atoms with Crippen LogP contribution in [0.1, 0.15) is 36.8 Å². The van der Waals surface area contributed by atoms with E-state index in [0.717, 1.165) is 36.3 Å². The molecule has 2 rings (SSSR count). The van der Waals surface area contributed by atoms with Crippen LogP contribution in [-0.4, -0.2) is 36.3 Å².